The lowest BCUT2D eigenvalue weighted by Gasteiger charge is -2.46. The number of amides is 1. The van der Waals surface area contributed by atoms with Crippen molar-refractivity contribution in [3.05, 3.63) is 59.7 Å². The van der Waals surface area contributed by atoms with Crippen molar-refractivity contribution in [2.24, 2.45) is 23.7 Å². The van der Waals surface area contributed by atoms with Gasteiger partial charge in [0.1, 0.15) is 6.10 Å². The minimum Gasteiger partial charge on any atom is -0.448 e. The van der Waals surface area contributed by atoms with E-state index in [9.17, 15) is 19.5 Å². The van der Waals surface area contributed by atoms with Crippen molar-refractivity contribution in [3.8, 4) is 0 Å². The number of carbonyl (C=O) groups is 3. The van der Waals surface area contributed by atoms with Crippen LogP contribution in [0.4, 0.5) is 0 Å². The summed E-state index contributed by atoms with van der Waals surface area (Å²) in [6.45, 7) is 7.88. The topological polar surface area (TPSA) is 105 Å². The van der Waals surface area contributed by atoms with Crippen molar-refractivity contribution < 1.29 is 29.0 Å². The predicted molar refractivity (Wildman–Crippen MR) is 137 cm³/mol. The van der Waals surface area contributed by atoms with E-state index < -0.39 is 29.2 Å². The van der Waals surface area contributed by atoms with E-state index in [2.05, 4.69) is 19.2 Å². The van der Waals surface area contributed by atoms with Gasteiger partial charge in [-0.15, -0.1) is 0 Å². The summed E-state index contributed by atoms with van der Waals surface area (Å²) in [5.41, 5.74) is -0.245. The van der Waals surface area contributed by atoms with Gasteiger partial charge in [-0.05, 0) is 56.1 Å². The van der Waals surface area contributed by atoms with Crippen LogP contribution in [0.5, 0.6) is 0 Å². The molecular weight excluding hydrogens is 470 g/mol. The number of rotatable bonds is 2. The molecule has 2 saturated heterocycles. The van der Waals surface area contributed by atoms with Gasteiger partial charge in [-0.25, -0.2) is 0 Å². The molecular formula is C30H37NO6. The molecule has 2 N–H and O–H groups in total. The number of hydrogen-bond donors (Lipinski definition) is 2. The zero-order chi connectivity index (χ0) is 26.5. The molecule has 1 aromatic carbocycles. The van der Waals surface area contributed by atoms with E-state index >= 15 is 0 Å². The van der Waals surface area contributed by atoms with Gasteiger partial charge in [0.15, 0.2) is 5.78 Å². The maximum absolute atomic E-state index is 13.9. The van der Waals surface area contributed by atoms with Gasteiger partial charge >= 0.3 is 5.97 Å². The minimum atomic E-state index is -1.42. The second-order valence-electron chi connectivity index (χ2n) is 11.5. The molecule has 3 aliphatic heterocycles. The SMILES string of the molecule is C/C1=C\[C@@H](C)C/C=C/C2[C@@H]3O[C@]3(C)[C@@H](C)[C@H]3[C@H](Cc4ccccc4)NC(=O)C23OC(=O)CC[C@H](O)C1=O. The van der Waals surface area contributed by atoms with Crippen molar-refractivity contribution in [1.82, 2.24) is 5.32 Å². The fraction of sp³-hybridized carbons (Fsp3) is 0.567. The standard InChI is InChI=1S/C30H37NO6/c1-17-9-8-12-21-27-29(4,37-27)19(3)25-22(16-20-10-6-5-7-11-20)31-28(35)30(21,25)36-24(33)14-13-23(32)26(34)18(2)15-17/h5-8,10-12,15,17,19,21-23,25,27,32H,9,13-14,16H2,1-4H3,(H,31,35)/b12-8+,18-15+/t17-,19-,21?,22-,23-,25-,27-,29+,30?/m0/s1. The fourth-order valence-corrected chi connectivity index (χ4v) is 6.91. The van der Waals surface area contributed by atoms with Crippen LogP contribution in [-0.2, 0) is 30.3 Å². The van der Waals surface area contributed by atoms with Gasteiger partial charge in [-0.3, -0.25) is 14.4 Å². The van der Waals surface area contributed by atoms with E-state index in [4.69, 9.17) is 9.47 Å². The Hall–Kier alpha value is -2.77. The second-order valence-corrected chi connectivity index (χ2v) is 11.5. The van der Waals surface area contributed by atoms with Crippen LogP contribution in [-0.4, -0.2) is 52.2 Å². The third-order valence-corrected chi connectivity index (χ3v) is 9.03. The Morgan fingerprint density at radius 3 is 2.59 bits per heavy atom. The number of allylic oxidation sites excluding steroid dienone is 2. The lowest BCUT2D eigenvalue weighted by atomic mass is 9.59. The Labute approximate surface area is 218 Å². The number of ether oxygens (including phenoxy) is 2. The first kappa shape index (κ1) is 25.9. The molecule has 1 aliphatic carbocycles. The average Bonchev–Trinajstić information content (AvgIpc) is 3.48. The van der Waals surface area contributed by atoms with Gasteiger partial charge in [0.25, 0.3) is 5.91 Å². The summed E-state index contributed by atoms with van der Waals surface area (Å²) in [6.07, 6.45) is 5.38. The van der Waals surface area contributed by atoms with Crippen molar-refractivity contribution in [3.63, 3.8) is 0 Å². The zero-order valence-corrected chi connectivity index (χ0v) is 22.0. The normalized spacial score (nSPS) is 44.2. The summed E-state index contributed by atoms with van der Waals surface area (Å²) in [5, 5.41) is 13.6. The van der Waals surface area contributed by atoms with Crippen molar-refractivity contribution in [2.45, 2.75) is 82.8 Å². The third kappa shape index (κ3) is 4.36. The quantitative estimate of drug-likeness (QED) is 0.362. The van der Waals surface area contributed by atoms with Gasteiger partial charge in [0.2, 0.25) is 5.60 Å². The molecule has 2 unspecified atom stereocenters. The molecule has 1 spiro atoms. The number of fused-ring (bicyclic) bond motifs is 2. The third-order valence-electron chi connectivity index (χ3n) is 9.03. The van der Waals surface area contributed by atoms with E-state index in [1.807, 2.05) is 55.5 Å². The summed E-state index contributed by atoms with van der Waals surface area (Å²) < 4.78 is 12.5. The second kappa shape index (κ2) is 9.52. The molecule has 1 saturated carbocycles. The highest BCUT2D eigenvalue weighted by molar-refractivity contribution is 5.98. The summed E-state index contributed by atoms with van der Waals surface area (Å²) in [6, 6.07) is 9.76. The molecule has 198 valence electrons. The van der Waals surface area contributed by atoms with Crippen LogP contribution in [0.2, 0.25) is 0 Å². The van der Waals surface area contributed by atoms with E-state index in [1.165, 1.54) is 0 Å². The maximum atomic E-state index is 13.9. The summed E-state index contributed by atoms with van der Waals surface area (Å²) in [5.74, 6) is -1.99. The van der Waals surface area contributed by atoms with E-state index in [0.29, 0.717) is 18.4 Å². The lowest BCUT2D eigenvalue weighted by molar-refractivity contribution is -0.182. The Morgan fingerprint density at radius 2 is 1.86 bits per heavy atom. The number of Topliss-reactive ketones (excluding diaryl/α,β-unsaturated/α-hetero) is 1. The highest BCUT2D eigenvalue weighted by Gasteiger charge is 2.78. The number of carbonyl (C=O) groups excluding carboxylic acids is 3. The number of hydrogen-bond acceptors (Lipinski definition) is 6. The molecule has 4 aliphatic rings. The van der Waals surface area contributed by atoms with Gasteiger partial charge in [0, 0.05) is 18.4 Å². The van der Waals surface area contributed by atoms with Crippen molar-refractivity contribution in [1.29, 1.82) is 0 Å². The Bertz CT molecular complexity index is 1140. The Kier molecular flexibility index (Phi) is 6.65. The monoisotopic (exact) mass is 507 g/mol. The van der Waals surface area contributed by atoms with Crippen LogP contribution in [0, 0.1) is 23.7 Å². The Morgan fingerprint density at radius 1 is 1.14 bits per heavy atom. The van der Waals surface area contributed by atoms with Gasteiger partial charge in [-0.2, -0.15) is 0 Å². The first-order chi connectivity index (χ1) is 17.6. The molecule has 0 bridgehead atoms. The Balaban J connectivity index is 1.56. The number of ketones is 1. The first-order valence-corrected chi connectivity index (χ1v) is 13.4. The maximum Gasteiger partial charge on any atom is 0.306 e. The number of epoxide rings is 1. The highest BCUT2D eigenvalue weighted by Crippen LogP contribution is 2.63. The van der Waals surface area contributed by atoms with Crippen LogP contribution in [0.3, 0.4) is 0 Å². The molecule has 3 fully saturated rings. The molecule has 7 nitrogen and oxygen atoms in total. The molecule has 0 aromatic heterocycles. The van der Waals surface area contributed by atoms with Crippen LogP contribution in [0.1, 0.15) is 52.5 Å². The van der Waals surface area contributed by atoms with Crippen molar-refractivity contribution in [2.75, 3.05) is 0 Å². The fourth-order valence-electron chi connectivity index (χ4n) is 6.91. The predicted octanol–water partition coefficient (Wildman–Crippen LogP) is 3.30. The summed E-state index contributed by atoms with van der Waals surface area (Å²) in [4.78, 5) is 39.7. The van der Waals surface area contributed by atoms with Gasteiger partial charge in [0.05, 0.1) is 17.6 Å². The van der Waals surface area contributed by atoms with E-state index in [0.717, 1.165) is 5.56 Å². The number of aliphatic hydroxyl groups is 1. The molecule has 0 radical (unpaired) electrons. The minimum absolute atomic E-state index is 0.0434. The molecule has 1 aromatic rings. The summed E-state index contributed by atoms with van der Waals surface area (Å²) >= 11 is 0. The largest absolute Gasteiger partial charge is 0.448 e. The smallest absolute Gasteiger partial charge is 0.306 e. The van der Waals surface area contributed by atoms with Gasteiger partial charge < -0.3 is 19.9 Å². The molecule has 1 amide bonds. The van der Waals surface area contributed by atoms with Crippen LogP contribution >= 0.6 is 0 Å². The number of benzene rings is 1. The lowest BCUT2D eigenvalue weighted by Crippen LogP contribution is -2.61. The number of nitrogens with one attached hydrogen (secondary N) is 1. The molecule has 37 heavy (non-hydrogen) atoms. The van der Waals surface area contributed by atoms with Crippen LogP contribution in [0.15, 0.2) is 54.1 Å². The van der Waals surface area contributed by atoms with E-state index in [1.54, 1.807) is 6.92 Å². The molecule has 5 rings (SSSR count). The zero-order valence-electron chi connectivity index (χ0n) is 22.0. The summed E-state index contributed by atoms with van der Waals surface area (Å²) in [7, 11) is 0. The first-order valence-electron chi connectivity index (χ1n) is 13.4. The number of esters is 1. The van der Waals surface area contributed by atoms with Crippen LogP contribution < -0.4 is 5.32 Å². The molecule has 3 heterocycles. The van der Waals surface area contributed by atoms with Crippen molar-refractivity contribution >= 4 is 17.7 Å². The van der Waals surface area contributed by atoms with Crippen LogP contribution in [0.25, 0.3) is 0 Å². The van der Waals surface area contributed by atoms with E-state index in [-0.39, 0.29) is 54.4 Å². The highest BCUT2D eigenvalue weighted by atomic mass is 16.6. The number of aliphatic hydroxyl groups excluding tert-OH is 1. The molecule has 7 heteroatoms. The average molecular weight is 508 g/mol. The van der Waals surface area contributed by atoms with Gasteiger partial charge in [-0.1, -0.05) is 62.4 Å². The molecule has 9 atom stereocenters.